The van der Waals surface area contributed by atoms with Gasteiger partial charge in [0, 0.05) is 24.9 Å². The van der Waals surface area contributed by atoms with E-state index in [1.165, 1.54) is 12.8 Å². The molecule has 1 fully saturated rings. The predicted octanol–water partition coefficient (Wildman–Crippen LogP) is 5.20. The van der Waals surface area contributed by atoms with E-state index >= 15 is 0 Å². The monoisotopic (exact) mass is 495 g/mol. The molecular formula is C29H41N3O4. The average molecular weight is 496 g/mol. The Morgan fingerprint density at radius 2 is 1.58 bits per heavy atom. The molecule has 7 nitrogen and oxygen atoms in total. The van der Waals surface area contributed by atoms with Gasteiger partial charge in [-0.05, 0) is 87.2 Å². The summed E-state index contributed by atoms with van der Waals surface area (Å²) in [7, 11) is 1.61. The molecule has 1 heterocycles. The predicted molar refractivity (Wildman–Crippen MR) is 142 cm³/mol. The third-order valence-electron chi connectivity index (χ3n) is 6.39. The molecule has 0 atom stereocenters. The van der Waals surface area contributed by atoms with Gasteiger partial charge in [-0.25, -0.2) is 5.01 Å². The van der Waals surface area contributed by atoms with Crippen LogP contribution < -0.4 is 14.9 Å². The van der Waals surface area contributed by atoms with Crippen LogP contribution in [0.1, 0.15) is 74.2 Å². The van der Waals surface area contributed by atoms with E-state index in [2.05, 4.69) is 29.4 Å². The molecule has 0 unspecified atom stereocenters. The second-order valence-corrected chi connectivity index (χ2v) is 9.40. The summed E-state index contributed by atoms with van der Waals surface area (Å²) in [5, 5.41) is 2.00. The molecular weight excluding hydrogens is 454 g/mol. The minimum atomic E-state index is -0.00869. The van der Waals surface area contributed by atoms with Crippen LogP contribution in [0.3, 0.4) is 0 Å². The lowest BCUT2D eigenvalue weighted by Gasteiger charge is -2.28. The van der Waals surface area contributed by atoms with Crippen molar-refractivity contribution in [3.63, 3.8) is 0 Å². The maximum Gasteiger partial charge on any atom is 0.234 e. The fourth-order valence-electron chi connectivity index (χ4n) is 4.26. The van der Waals surface area contributed by atoms with Crippen LogP contribution in [0.25, 0.3) is 0 Å². The number of hydrogen-bond donors (Lipinski definition) is 1. The molecule has 0 bridgehead atoms. The smallest absolute Gasteiger partial charge is 0.234 e. The highest BCUT2D eigenvalue weighted by Crippen LogP contribution is 2.16. The molecule has 0 aliphatic carbocycles. The van der Waals surface area contributed by atoms with Crippen LogP contribution >= 0.6 is 0 Å². The molecule has 0 spiro atoms. The van der Waals surface area contributed by atoms with Gasteiger partial charge in [-0.2, -0.15) is 0 Å². The average Bonchev–Trinajstić information content (AvgIpc) is 3.41. The van der Waals surface area contributed by atoms with Crippen molar-refractivity contribution in [2.24, 2.45) is 0 Å². The Morgan fingerprint density at radius 3 is 2.25 bits per heavy atom. The molecule has 1 aliphatic rings. The number of nitrogens with zero attached hydrogens (tertiary/aromatic N) is 2. The second kappa shape index (κ2) is 15.3. The highest BCUT2D eigenvalue weighted by atomic mass is 16.5. The quantitative estimate of drug-likeness (QED) is 0.196. The van der Waals surface area contributed by atoms with E-state index in [0.717, 1.165) is 49.6 Å². The maximum absolute atomic E-state index is 12.7. The molecule has 2 aromatic rings. The van der Waals surface area contributed by atoms with Gasteiger partial charge in [-0.3, -0.25) is 19.9 Å². The number of likely N-dealkylation sites (tertiary alicyclic amines) is 1. The number of nitrogens with one attached hydrogen (secondary N) is 1. The van der Waals surface area contributed by atoms with Gasteiger partial charge in [-0.1, -0.05) is 25.5 Å². The molecule has 1 saturated heterocycles. The number of hydrogen-bond acceptors (Lipinski definition) is 6. The molecule has 3 rings (SSSR count). The third kappa shape index (κ3) is 9.63. The van der Waals surface area contributed by atoms with Gasteiger partial charge in [0.05, 0.1) is 20.4 Å². The Balaban J connectivity index is 1.44. The first-order valence-corrected chi connectivity index (χ1v) is 13.2. The van der Waals surface area contributed by atoms with E-state index in [4.69, 9.17) is 9.47 Å². The fourth-order valence-corrected chi connectivity index (χ4v) is 4.26. The first-order chi connectivity index (χ1) is 17.6. The highest BCUT2D eigenvalue weighted by molar-refractivity contribution is 5.96. The molecule has 1 amide bonds. The minimum Gasteiger partial charge on any atom is -0.497 e. The second-order valence-electron chi connectivity index (χ2n) is 9.40. The Labute approximate surface area is 215 Å². The van der Waals surface area contributed by atoms with Gasteiger partial charge in [0.1, 0.15) is 11.5 Å². The zero-order chi connectivity index (χ0) is 25.6. The summed E-state index contributed by atoms with van der Waals surface area (Å²) in [5.41, 5.74) is 4.91. The van der Waals surface area contributed by atoms with Gasteiger partial charge in [0.25, 0.3) is 0 Å². The van der Waals surface area contributed by atoms with E-state index in [-0.39, 0.29) is 11.7 Å². The standard InChI is InChI=1S/C29H41N3O4/c1-3-4-21-36-27-15-11-24(12-16-27)22-32(23-31-19-7-8-20-31)30-29(34)10-6-5-9-28(33)25-13-17-26(35-2)18-14-25/h11-18H,3-10,19-23H2,1-2H3,(H,30,34). The molecule has 36 heavy (non-hydrogen) atoms. The number of unbranched alkanes of at least 4 members (excludes halogenated alkanes) is 2. The SMILES string of the molecule is CCCCOc1ccc(CN(CN2CCCC2)NC(=O)CCCCC(=O)c2ccc(OC)cc2)cc1. The van der Waals surface area contributed by atoms with Crippen LogP contribution in [0.5, 0.6) is 11.5 Å². The zero-order valence-corrected chi connectivity index (χ0v) is 21.8. The van der Waals surface area contributed by atoms with Crippen molar-refractivity contribution in [2.45, 2.75) is 64.8 Å². The molecule has 0 aromatic heterocycles. The number of hydrazine groups is 1. The summed E-state index contributed by atoms with van der Waals surface area (Å²) < 4.78 is 10.9. The molecule has 0 radical (unpaired) electrons. The Kier molecular flexibility index (Phi) is 11.7. The van der Waals surface area contributed by atoms with Gasteiger partial charge < -0.3 is 9.47 Å². The summed E-state index contributed by atoms with van der Waals surface area (Å²) >= 11 is 0. The number of carbonyl (C=O) groups is 2. The van der Waals surface area contributed by atoms with Gasteiger partial charge in [0.2, 0.25) is 5.91 Å². The van der Waals surface area contributed by atoms with Crippen LogP contribution in [0.2, 0.25) is 0 Å². The van der Waals surface area contributed by atoms with Gasteiger partial charge in [-0.15, -0.1) is 0 Å². The van der Waals surface area contributed by atoms with E-state index in [9.17, 15) is 9.59 Å². The number of benzene rings is 2. The Bertz CT molecular complexity index is 925. The van der Waals surface area contributed by atoms with Crippen LogP contribution in [-0.2, 0) is 11.3 Å². The molecule has 1 aliphatic heterocycles. The topological polar surface area (TPSA) is 71.1 Å². The van der Waals surface area contributed by atoms with Crippen molar-refractivity contribution in [1.29, 1.82) is 0 Å². The summed E-state index contributed by atoms with van der Waals surface area (Å²) in [6.45, 7) is 6.34. The van der Waals surface area contributed by atoms with E-state index in [1.54, 1.807) is 31.4 Å². The normalized spacial score (nSPS) is 13.6. The number of Topliss-reactive ketones (excluding diaryl/α,β-unsaturated/α-hetero) is 1. The van der Waals surface area contributed by atoms with E-state index < -0.39 is 0 Å². The third-order valence-corrected chi connectivity index (χ3v) is 6.39. The number of rotatable bonds is 16. The van der Waals surface area contributed by atoms with Crippen LogP contribution in [0.15, 0.2) is 48.5 Å². The van der Waals surface area contributed by atoms with Gasteiger partial charge in [0.15, 0.2) is 5.78 Å². The van der Waals surface area contributed by atoms with Crippen LogP contribution in [0.4, 0.5) is 0 Å². The minimum absolute atomic E-state index is 0.00869. The maximum atomic E-state index is 12.7. The van der Waals surface area contributed by atoms with E-state index in [1.807, 2.05) is 17.1 Å². The number of ether oxygens (including phenoxy) is 2. The molecule has 1 N–H and O–H groups in total. The van der Waals surface area contributed by atoms with Crippen molar-refractivity contribution >= 4 is 11.7 Å². The van der Waals surface area contributed by atoms with Crippen molar-refractivity contribution in [1.82, 2.24) is 15.3 Å². The number of amides is 1. The summed E-state index contributed by atoms with van der Waals surface area (Å²) in [6.07, 6.45) is 6.76. The largest absolute Gasteiger partial charge is 0.497 e. The lowest BCUT2D eigenvalue weighted by atomic mass is 10.0. The number of methoxy groups -OCH3 is 1. The molecule has 196 valence electrons. The molecule has 2 aromatic carbocycles. The number of carbonyl (C=O) groups excluding carboxylic acids is 2. The van der Waals surface area contributed by atoms with Crippen molar-refractivity contribution in [3.05, 3.63) is 59.7 Å². The lowest BCUT2D eigenvalue weighted by molar-refractivity contribution is -0.127. The summed E-state index contributed by atoms with van der Waals surface area (Å²) in [6, 6.07) is 15.3. The highest BCUT2D eigenvalue weighted by Gasteiger charge is 2.18. The van der Waals surface area contributed by atoms with Crippen molar-refractivity contribution in [2.75, 3.05) is 33.5 Å². The van der Waals surface area contributed by atoms with Crippen molar-refractivity contribution < 1.29 is 19.1 Å². The lowest BCUT2D eigenvalue weighted by Crippen LogP contribution is -2.47. The number of ketones is 1. The van der Waals surface area contributed by atoms with Crippen molar-refractivity contribution in [3.8, 4) is 11.5 Å². The summed E-state index contributed by atoms with van der Waals surface area (Å²) in [5.74, 6) is 1.70. The summed E-state index contributed by atoms with van der Waals surface area (Å²) in [4.78, 5) is 27.5. The first-order valence-electron chi connectivity index (χ1n) is 13.2. The van der Waals surface area contributed by atoms with E-state index in [0.29, 0.717) is 44.5 Å². The zero-order valence-electron chi connectivity index (χ0n) is 21.8. The molecule has 7 heteroatoms. The Morgan fingerprint density at radius 1 is 0.917 bits per heavy atom. The first kappa shape index (κ1) is 27.7. The fraction of sp³-hybridized carbons (Fsp3) is 0.517. The van der Waals surface area contributed by atoms with Gasteiger partial charge >= 0.3 is 0 Å². The molecule has 0 saturated carbocycles. The Hall–Kier alpha value is -2.90. The van der Waals surface area contributed by atoms with Crippen LogP contribution in [0, 0.1) is 0 Å². The van der Waals surface area contributed by atoms with Crippen LogP contribution in [-0.4, -0.2) is 55.1 Å².